The largest absolute Gasteiger partial charge is 0.358 e. The zero-order chi connectivity index (χ0) is 21.4. The van der Waals surface area contributed by atoms with Crippen LogP contribution in [0.1, 0.15) is 16.7 Å². The summed E-state index contributed by atoms with van der Waals surface area (Å²) in [4.78, 5) is 32.6. The van der Waals surface area contributed by atoms with Crippen LogP contribution >= 0.6 is 11.8 Å². The van der Waals surface area contributed by atoms with Gasteiger partial charge in [-0.25, -0.2) is 13.8 Å². The fourth-order valence-corrected chi connectivity index (χ4v) is 4.57. The summed E-state index contributed by atoms with van der Waals surface area (Å²) < 4.78 is 15.1. The number of thioether (sulfide) groups is 1. The zero-order valence-corrected chi connectivity index (χ0v) is 17.8. The molecule has 4 rings (SSSR count). The minimum atomic E-state index is -0.645. The highest BCUT2D eigenvalue weighted by molar-refractivity contribution is 8.13. The van der Waals surface area contributed by atoms with Gasteiger partial charge in [-0.3, -0.25) is 14.6 Å². The van der Waals surface area contributed by atoms with Gasteiger partial charge in [-0.15, -0.1) is 0 Å². The number of likely N-dealkylation sites (N-methyl/N-ethyl adjacent to an activating group) is 2. The van der Waals surface area contributed by atoms with Gasteiger partial charge >= 0.3 is 11.2 Å². The first kappa shape index (κ1) is 20.3. The van der Waals surface area contributed by atoms with Crippen molar-refractivity contribution in [3.63, 3.8) is 0 Å². The molecule has 6 nitrogen and oxygen atoms in total. The number of hydrogen-bond acceptors (Lipinski definition) is 4. The normalized spacial score (nSPS) is 18.8. The fraction of sp³-hybridized carbons (Fsp3) is 0.273. The molecule has 0 radical (unpaired) electrons. The molecule has 0 aliphatic carbocycles. The highest BCUT2D eigenvalue weighted by atomic mass is 32.2. The van der Waals surface area contributed by atoms with E-state index >= 15 is 0 Å². The predicted octanol–water partition coefficient (Wildman–Crippen LogP) is 3.24. The van der Waals surface area contributed by atoms with Crippen LogP contribution < -0.4 is 0 Å². The van der Waals surface area contributed by atoms with Crippen LogP contribution in [0.4, 0.5) is 9.18 Å². The maximum Gasteiger partial charge on any atom is 0.358 e. The maximum absolute atomic E-state index is 13.2. The van der Waals surface area contributed by atoms with Crippen LogP contribution in [-0.4, -0.2) is 57.5 Å². The van der Waals surface area contributed by atoms with E-state index in [4.69, 9.17) is 0 Å². The Morgan fingerprint density at radius 2 is 1.80 bits per heavy atom. The Labute approximate surface area is 178 Å². The Balaban J connectivity index is 1.69. The summed E-state index contributed by atoms with van der Waals surface area (Å²) in [6, 6.07) is 13.4. The number of carbonyl (C=O) groups excluding carboxylic acids is 2. The van der Waals surface area contributed by atoms with E-state index in [9.17, 15) is 14.0 Å². The van der Waals surface area contributed by atoms with Crippen molar-refractivity contribution >= 4 is 34.7 Å². The monoisotopic (exact) mass is 425 g/mol. The summed E-state index contributed by atoms with van der Waals surface area (Å²) in [6.45, 7) is 2.52. The molecule has 1 saturated heterocycles. The molecule has 0 bridgehead atoms. The van der Waals surface area contributed by atoms with E-state index in [1.54, 1.807) is 19.2 Å². The number of urea groups is 1. The second-order valence-corrected chi connectivity index (χ2v) is 8.37. The number of aryl methyl sites for hydroxylation is 1. The van der Waals surface area contributed by atoms with E-state index in [0.717, 1.165) is 21.6 Å². The minimum absolute atomic E-state index is 0.279. The van der Waals surface area contributed by atoms with E-state index in [2.05, 4.69) is 11.1 Å². The molecule has 8 heteroatoms. The van der Waals surface area contributed by atoms with Crippen molar-refractivity contribution in [1.29, 1.82) is 0 Å². The van der Waals surface area contributed by atoms with Crippen molar-refractivity contribution in [3.8, 4) is 0 Å². The second-order valence-electron chi connectivity index (χ2n) is 7.43. The number of carbonyl (C=O) groups is 2. The van der Waals surface area contributed by atoms with Gasteiger partial charge in [0.25, 0.3) is 17.8 Å². The molecule has 0 spiro atoms. The Morgan fingerprint density at radius 1 is 1.07 bits per heavy atom. The summed E-state index contributed by atoms with van der Waals surface area (Å²) in [6.07, 6.45) is 0. The first-order valence-electron chi connectivity index (χ1n) is 9.55. The van der Waals surface area contributed by atoms with E-state index in [1.165, 1.54) is 35.8 Å². The van der Waals surface area contributed by atoms with Crippen molar-refractivity contribution in [3.05, 3.63) is 71.0 Å². The van der Waals surface area contributed by atoms with E-state index in [-0.39, 0.29) is 11.7 Å². The van der Waals surface area contributed by atoms with Crippen molar-refractivity contribution in [2.24, 2.45) is 4.99 Å². The molecule has 3 amide bonds. The third-order valence-corrected chi connectivity index (χ3v) is 6.27. The van der Waals surface area contributed by atoms with Gasteiger partial charge < -0.3 is 0 Å². The van der Waals surface area contributed by atoms with Gasteiger partial charge in [-0.2, -0.15) is 0 Å². The SMILES string of the molecule is Cc1cccc(C[N+]2=C(SCc3ccc(F)cc3)N=C3C2C(=O)N(C)C(=O)N3C)c1. The van der Waals surface area contributed by atoms with Crippen LogP contribution in [0.2, 0.25) is 0 Å². The Morgan fingerprint density at radius 3 is 2.50 bits per heavy atom. The Bertz CT molecular complexity index is 1080. The number of nitrogens with zero attached hydrogens (tertiary/aromatic N) is 4. The number of rotatable bonds is 4. The fourth-order valence-electron chi connectivity index (χ4n) is 3.59. The lowest BCUT2D eigenvalue weighted by Crippen LogP contribution is -2.61. The van der Waals surface area contributed by atoms with Crippen molar-refractivity contribution in [1.82, 2.24) is 9.80 Å². The van der Waals surface area contributed by atoms with E-state index < -0.39 is 12.1 Å². The number of aliphatic imine (C=N–C) groups is 1. The van der Waals surface area contributed by atoms with Gasteiger partial charge in [0, 0.05) is 19.8 Å². The molecule has 2 aliphatic heterocycles. The van der Waals surface area contributed by atoms with Crippen LogP contribution in [-0.2, 0) is 17.1 Å². The summed E-state index contributed by atoms with van der Waals surface area (Å²) in [7, 11) is 3.13. The highest BCUT2D eigenvalue weighted by Crippen LogP contribution is 2.26. The van der Waals surface area contributed by atoms with Crippen molar-refractivity contribution in [2.45, 2.75) is 25.3 Å². The lowest BCUT2D eigenvalue weighted by Gasteiger charge is -2.30. The zero-order valence-electron chi connectivity index (χ0n) is 17.0. The molecular weight excluding hydrogens is 403 g/mol. The van der Waals surface area contributed by atoms with Crippen LogP contribution in [0.5, 0.6) is 0 Å². The minimum Gasteiger partial charge on any atom is -0.269 e. The standard InChI is InChI=1S/C22H22FN4O2S/c1-14-5-4-6-16(11-14)12-27-18-19(25(2)22(29)26(3)20(18)28)24-21(27)30-13-15-7-9-17(23)10-8-15/h4-11,18H,12-13H2,1-3H3/q+1. The molecule has 0 saturated carbocycles. The van der Waals surface area contributed by atoms with Gasteiger partial charge in [-0.1, -0.05) is 42.0 Å². The third kappa shape index (κ3) is 3.75. The Kier molecular flexibility index (Phi) is 5.42. The molecule has 2 aliphatic rings. The maximum atomic E-state index is 13.2. The number of imide groups is 1. The number of benzene rings is 2. The van der Waals surface area contributed by atoms with Crippen LogP contribution in [0.25, 0.3) is 0 Å². The topological polar surface area (TPSA) is 56.0 Å². The number of amides is 3. The molecule has 154 valence electrons. The molecule has 1 unspecified atom stereocenters. The summed E-state index contributed by atoms with van der Waals surface area (Å²) in [5, 5.41) is 0.670. The lowest BCUT2D eigenvalue weighted by molar-refractivity contribution is -0.548. The Hall–Kier alpha value is -3.00. The molecule has 30 heavy (non-hydrogen) atoms. The predicted molar refractivity (Wildman–Crippen MR) is 115 cm³/mol. The van der Waals surface area contributed by atoms with Gasteiger partial charge in [0.15, 0.2) is 0 Å². The van der Waals surface area contributed by atoms with Gasteiger partial charge in [0.2, 0.25) is 0 Å². The molecule has 0 aromatic heterocycles. The van der Waals surface area contributed by atoms with Crippen molar-refractivity contribution < 1.29 is 18.6 Å². The van der Waals surface area contributed by atoms with E-state index in [1.807, 2.05) is 29.7 Å². The summed E-state index contributed by atoms with van der Waals surface area (Å²) in [5.74, 6) is 0.447. The molecule has 2 aromatic rings. The molecule has 1 atom stereocenters. The molecule has 0 N–H and O–H groups in total. The molecular formula is C22H22FN4O2S+. The second kappa shape index (κ2) is 8.02. The molecule has 2 aromatic carbocycles. The average molecular weight is 426 g/mol. The van der Waals surface area contributed by atoms with Crippen LogP contribution in [0.3, 0.4) is 0 Å². The van der Waals surface area contributed by atoms with Gasteiger partial charge in [0.05, 0.1) is 0 Å². The number of amidine groups is 2. The van der Waals surface area contributed by atoms with Gasteiger partial charge in [-0.05, 0) is 46.9 Å². The van der Waals surface area contributed by atoms with E-state index in [0.29, 0.717) is 23.3 Å². The molecule has 2 heterocycles. The lowest BCUT2D eigenvalue weighted by atomic mass is 10.1. The summed E-state index contributed by atoms with van der Waals surface area (Å²) >= 11 is 1.47. The average Bonchev–Trinajstić information content (AvgIpc) is 3.08. The third-order valence-electron chi connectivity index (χ3n) is 5.21. The molecule has 1 fully saturated rings. The smallest absolute Gasteiger partial charge is 0.269 e. The first-order valence-corrected chi connectivity index (χ1v) is 10.5. The summed E-state index contributed by atoms with van der Waals surface area (Å²) in [5.41, 5.74) is 3.14. The van der Waals surface area contributed by atoms with Crippen LogP contribution in [0.15, 0.2) is 53.5 Å². The number of hydrogen-bond donors (Lipinski definition) is 0. The van der Waals surface area contributed by atoms with Gasteiger partial charge in [0.1, 0.15) is 12.4 Å². The van der Waals surface area contributed by atoms with Crippen molar-refractivity contribution in [2.75, 3.05) is 14.1 Å². The number of halogens is 1. The van der Waals surface area contributed by atoms with Crippen LogP contribution in [0, 0.1) is 12.7 Å². The quantitative estimate of drug-likeness (QED) is 0.707. The highest BCUT2D eigenvalue weighted by Gasteiger charge is 2.53. The first-order chi connectivity index (χ1) is 14.3. The number of fused-ring (bicyclic) bond motifs is 1.